The molecule has 1 unspecified atom stereocenters. The summed E-state index contributed by atoms with van der Waals surface area (Å²) in [5, 5.41) is 2.94. The largest absolute Gasteiger partial charge is 0.320 e. The number of nitrogens with one attached hydrogen (secondary N) is 1. The standard InChI is InChI=1S/C16H17F2N.ClH/c1-19-11-10-16(18,13-6-3-2-4-7-13)14-8-5-9-15(17)12-14;/h2-9,12,19H,10-11H2,1H3;1H. The summed E-state index contributed by atoms with van der Waals surface area (Å²) in [7, 11) is 1.77. The van der Waals surface area contributed by atoms with Crippen LogP contribution in [0.25, 0.3) is 0 Å². The summed E-state index contributed by atoms with van der Waals surface area (Å²) in [6.45, 7) is 0.516. The maximum Gasteiger partial charge on any atom is 0.162 e. The molecule has 1 N–H and O–H groups in total. The van der Waals surface area contributed by atoms with Gasteiger partial charge in [0, 0.05) is 6.42 Å². The summed E-state index contributed by atoms with van der Waals surface area (Å²) < 4.78 is 28.8. The van der Waals surface area contributed by atoms with Crippen LogP contribution in [0.15, 0.2) is 54.6 Å². The molecule has 0 aliphatic heterocycles. The van der Waals surface area contributed by atoms with Crippen molar-refractivity contribution in [2.45, 2.75) is 12.1 Å². The van der Waals surface area contributed by atoms with Crippen molar-refractivity contribution in [2.75, 3.05) is 13.6 Å². The summed E-state index contributed by atoms with van der Waals surface area (Å²) in [5.74, 6) is -0.417. The molecule has 0 spiro atoms. The van der Waals surface area contributed by atoms with Crippen LogP contribution in [0, 0.1) is 5.82 Å². The molecule has 0 heterocycles. The van der Waals surface area contributed by atoms with Gasteiger partial charge in [0.15, 0.2) is 5.67 Å². The lowest BCUT2D eigenvalue weighted by atomic mass is 9.85. The Balaban J connectivity index is 0.00000200. The second-order valence-corrected chi connectivity index (χ2v) is 4.53. The van der Waals surface area contributed by atoms with Gasteiger partial charge in [-0.1, -0.05) is 42.5 Å². The second-order valence-electron chi connectivity index (χ2n) is 4.53. The maximum absolute atomic E-state index is 15.4. The molecule has 20 heavy (non-hydrogen) atoms. The molecule has 0 bridgehead atoms. The van der Waals surface area contributed by atoms with Crippen molar-refractivity contribution in [1.82, 2.24) is 5.32 Å². The first-order valence-electron chi connectivity index (χ1n) is 6.32. The van der Waals surface area contributed by atoms with Crippen LogP contribution in [0.4, 0.5) is 8.78 Å². The topological polar surface area (TPSA) is 12.0 Å². The minimum atomic E-state index is -1.67. The fraction of sp³-hybridized carbons (Fsp3) is 0.250. The van der Waals surface area contributed by atoms with Crippen molar-refractivity contribution >= 4 is 12.4 Å². The van der Waals surface area contributed by atoms with Gasteiger partial charge in [-0.2, -0.15) is 0 Å². The van der Waals surface area contributed by atoms with Gasteiger partial charge < -0.3 is 5.32 Å². The van der Waals surface area contributed by atoms with Crippen molar-refractivity contribution < 1.29 is 8.78 Å². The first kappa shape index (κ1) is 16.6. The molecule has 0 aromatic heterocycles. The highest BCUT2D eigenvalue weighted by Gasteiger charge is 2.33. The molecular formula is C16H18ClF2N. The first-order valence-corrected chi connectivity index (χ1v) is 6.32. The average molecular weight is 298 g/mol. The summed E-state index contributed by atoms with van der Waals surface area (Å²) in [5.41, 5.74) is -0.767. The van der Waals surface area contributed by atoms with Crippen LogP contribution in [-0.4, -0.2) is 13.6 Å². The average Bonchev–Trinajstić information content (AvgIpc) is 2.45. The fourth-order valence-corrected chi connectivity index (χ4v) is 2.19. The molecular weight excluding hydrogens is 280 g/mol. The van der Waals surface area contributed by atoms with E-state index in [0.717, 1.165) is 0 Å². The molecule has 1 nitrogen and oxygen atoms in total. The van der Waals surface area contributed by atoms with Crippen LogP contribution in [0.2, 0.25) is 0 Å². The Hall–Kier alpha value is -1.45. The van der Waals surface area contributed by atoms with Crippen molar-refractivity contribution in [1.29, 1.82) is 0 Å². The van der Waals surface area contributed by atoms with Gasteiger partial charge in [0.05, 0.1) is 0 Å². The van der Waals surface area contributed by atoms with Gasteiger partial charge >= 0.3 is 0 Å². The monoisotopic (exact) mass is 297 g/mol. The first-order chi connectivity index (χ1) is 9.16. The Bertz CT molecular complexity index is 533. The Kier molecular flexibility index (Phi) is 6.11. The lowest BCUT2D eigenvalue weighted by molar-refractivity contribution is 0.204. The summed E-state index contributed by atoms with van der Waals surface area (Å²) >= 11 is 0. The van der Waals surface area contributed by atoms with E-state index in [1.807, 2.05) is 6.07 Å². The van der Waals surface area contributed by atoms with Crippen LogP contribution in [0.3, 0.4) is 0 Å². The Morgan fingerprint density at radius 2 is 1.65 bits per heavy atom. The highest BCUT2D eigenvalue weighted by Crippen LogP contribution is 2.37. The van der Waals surface area contributed by atoms with Crippen LogP contribution < -0.4 is 5.32 Å². The minimum absolute atomic E-state index is 0. The van der Waals surface area contributed by atoms with E-state index in [9.17, 15) is 4.39 Å². The highest BCUT2D eigenvalue weighted by molar-refractivity contribution is 5.85. The molecule has 2 rings (SSSR count). The molecule has 0 radical (unpaired) electrons. The lowest BCUT2D eigenvalue weighted by Crippen LogP contribution is -2.27. The molecule has 0 aliphatic rings. The Morgan fingerprint density at radius 3 is 2.25 bits per heavy atom. The van der Waals surface area contributed by atoms with Crippen LogP contribution >= 0.6 is 12.4 Å². The number of hydrogen-bond acceptors (Lipinski definition) is 1. The van der Waals surface area contributed by atoms with Gasteiger partial charge in [0.25, 0.3) is 0 Å². The van der Waals surface area contributed by atoms with Gasteiger partial charge in [-0.05, 0) is 36.9 Å². The SMILES string of the molecule is CNCCC(F)(c1ccccc1)c1cccc(F)c1.Cl. The zero-order chi connectivity index (χ0) is 13.7. The number of benzene rings is 2. The lowest BCUT2D eigenvalue weighted by Gasteiger charge is -2.26. The van der Waals surface area contributed by atoms with Crippen LogP contribution in [0.1, 0.15) is 17.5 Å². The van der Waals surface area contributed by atoms with E-state index in [1.54, 1.807) is 43.4 Å². The van der Waals surface area contributed by atoms with E-state index < -0.39 is 11.5 Å². The maximum atomic E-state index is 15.4. The van der Waals surface area contributed by atoms with E-state index in [0.29, 0.717) is 17.7 Å². The molecule has 2 aromatic carbocycles. The molecule has 0 amide bonds. The number of rotatable bonds is 5. The predicted octanol–water partition coefficient (Wildman–Crippen LogP) is 4.07. The minimum Gasteiger partial charge on any atom is -0.320 e. The third-order valence-electron chi connectivity index (χ3n) is 3.23. The zero-order valence-corrected chi connectivity index (χ0v) is 12.1. The van der Waals surface area contributed by atoms with Gasteiger partial charge in [-0.15, -0.1) is 12.4 Å². The van der Waals surface area contributed by atoms with Crippen LogP contribution in [-0.2, 0) is 5.67 Å². The molecule has 108 valence electrons. The Labute approximate surface area is 124 Å². The molecule has 4 heteroatoms. The van der Waals surface area contributed by atoms with Crippen LogP contribution in [0.5, 0.6) is 0 Å². The number of hydrogen-bond donors (Lipinski definition) is 1. The molecule has 0 saturated carbocycles. The van der Waals surface area contributed by atoms with E-state index >= 15 is 4.39 Å². The van der Waals surface area contributed by atoms with Crippen molar-refractivity contribution in [2.24, 2.45) is 0 Å². The smallest absolute Gasteiger partial charge is 0.162 e. The van der Waals surface area contributed by atoms with Crippen molar-refractivity contribution in [3.05, 3.63) is 71.5 Å². The third-order valence-corrected chi connectivity index (χ3v) is 3.23. The van der Waals surface area contributed by atoms with Crippen molar-refractivity contribution in [3.63, 3.8) is 0 Å². The van der Waals surface area contributed by atoms with E-state index in [1.165, 1.54) is 12.1 Å². The van der Waals surface area contributed by atoms with E-state index in [4.69, 9.17) is 0 Å². The molecule has 0 fully saturated rings. The highest BCUT2D eigenvalue weighted by atomic mass is 35.5. The molecule has 1 atom stereocenters. The summed E-state index contributed by atoms with van der Waals surface area (Å²) in [6.07, 6.45) is 0.261. The van der Waals surface area contributed by atoms with Gasteiger partial charge in [0.2, 0.25) is 0 Å². The third kappa shape index (κ3) is 3.56. The fourth-order valence-electron chi connectivity index (χ4n) is 2.19. The van der Waals surface area contributed by atoms with E-state index in [-0.39, 0.29) is 18.8 Å². The molecule has 2 aromatic rings. The molecule has 0 aliphatic carbocycles. The number of halogens is 3. The van der Waals surface area contributed by atoms with Gasteiger partial charge in [-0.3, -0.25) is 0 Å². The zero-order valence-electron chi connectivity index (χ0n) is 11.3. The van der Waals surface area contributed by atoms with Gasteiger partial charge in [-0.25, -0.2) is 8.78 Å². The second kappa shape index (κ2) is 7.36. The van der Waals surface area contributed by atoms with E-state index in [2.05, 4.69) is 5.32 Å². The predicted molar refractivity (Wildman–Crippen MR) is 80.5 cm³/mol. The Morgan fingerprint density at radius 1 is 1.00 bits per heavy atom. The summed E-state index contributed by atoms with van der Waals surface area (Å²) in [6, 6.07) is 14.7. The van der Waals surface area contributed by atoms with Crippen molar-refractivity contribution in [3.8, 4) is 0 Å². The quantitative estimate of drug-likeness (QED) is 0.877. The van der Waals surface area contributed by atoms with Gasteiger partial charge in [0.1, 0.15) is 5.82 Å². The number of alkyl halides is 1. The normalized spacial score (nSPS) is 13.3. The summed E-state index contributed by atoms with van der Waals surface area (Å²) in [4.78, 5) is 0. The molecule has 0 saturated heterocycles.